The fourth-order valence-corrected chi connectivity index (χ4v) is 1.99. The molecule has 1 unspecified atom stereocenters. The van der Waals surface area contributed by atoms with Crippen molar-refractivity contribution >= 4 is 5.96 Å². The summed E-state index contributed by atoms with van der Waals surface area (Å²) in [5, 5.41) is 3.11. The number of nitrogens with one attached hydrogen (secondary N) is 1. The van der Waals surface area contributed by atoms with E-state index in [2.05, 4.69) is 36.1 Å². The first kappa shape index (κ1) is 12.3. The molecule has 0 bridgehead atoms. The Balaban J connectivity index is 2.28. The molecule has 4 heteroatoms. The molecule has 0 aromatic heterocycles. The molecule has 0 aromatic carbocycles. The molecule has 88 valence electrons. The molecule has 0 radical (unpaired) electrons. The third-order valence-corrected chi connectivity index (χ3v) is 2.68. The zero-order valence-electron chi connectivity index (χ0n) is 10.2. The number of hydrogen-bond acceptors (Lipinski definition) is 2. The molecule has 0 amide bonds. The number of rotatable bonds is 3. The van der Waals surface area contributed by atoms with Crippen LogP contribution in [0.1, 0.15) is 26.7 Å². The van der Waals surface area contributed by atoms with E-state index in [1.807, 2.05) is 0 Å². The Morgan fingerprint density at radius 3 is 2.93 bits per heavy atom. The fraction of sp³-hybridized carbons (Fsp3) is 0.909. The van der Waals surface area contributed by atoms with Crippen LogP contribution in [0, 0.1) is 5.92 Å². The van der Waals surface area contributed by atoms with Crippen molar-refractivity contribution in [2.45, 2.75) is 32.7 Å². The van der Waals surface area contributed by atoms with Crippen LogP contribution in [-0.2, 0) is 0 Å². The summed E-state index contributed by atoms with van der Waals surface area (Å²) < 4.78 is 0. The second kappa shape index (κ2) is 5.95. The molecule has 4 nitrogen and oxygen atoms in total. The van der Waals surface area contributed by atoms with Gasteiger partial charge in [0.1, 0.15) is 0 Å². The minimum Gasteiger partial charge on any atom is -0.370 e. The lowest BCUT2D eigenvalue weighted by Gasteiger charge is -2.28. The molecule has 1 aliphatic heterocycles. The van der Waals surface area contributed by atoms with E-state index in [4.69, 9.17) is 5.73 Å². The van der Waals surface area contributed by atoms with Gasteiger partial charge in [-0.3, -0.25) is 4.99 Å². The van der Waals surface area contributed by atoms with Crippen molar-refractivity contribution in [2.24, 2.45) is 16.6 Å². The van der Waals surface area contributed by atoms with Crippen LogP contribution in [0.4, 0.5) is 0 Å². The molecule has 1 saturated heterocycles. The van der Waals surface area contributed by atoms with Crippen molar-refractivity contribution in [3.05, 3.63) is 0 Å². The Hall–Kier alpha value is -0.770. The lowest BCUT2D eigenvalue weighted by atomic mass is 9.99. The van der Waals surface area contributed by atoms with Crippen molar-refractivity contribution in [3.8, 4) is 0 Å². The summed E-state index contributed by atoms with van der Waals surface area (Å²) in [5.74, 6) is 1.26. The second-order valence-electron chi connectivity index (χ2n) is 4.80. The second-order valence-corrected chi connectivity index (χ2v) is 4.80. The van der Waals surface area contributed by atoms with Crippen LogP contribution in [0.25, 0.3) is 0 Å². The Morgan fingerprint density at radius 1 is 1.60 bits per heavy atom. The van der Waals surface area contributed by atoms with E-state index in [0.29, 0.717) is 17.9 Å². The number of hydrogen-bond donors (Lipinski definition) is 2. The number of likely N-dealkylation sites (tertiary alicyclic amines) is 1. The van der Waals surface area contributed by atoms with Gasteiger partial charge < -0.3 is 16.0 Å². The van der Waals surface area contributed by atoms with E-state index in [0.717, 1.165) is 13.1 Å². The molecule has 0 spiro atoms. The highest BCUT2D eigenvalue weighted by Gasteiger charge is 2.16. The fourth-order valence-electron chi connectivity index (χ4n) is 1.99. The number of guanidine groups is 1. The molecule has 1 heterocycles. The summed E-state index contributed by atoms with van der Waals surface area (Å²) >= 11 is 0. The first-order valence-electron chi connectivity index (χ1n) is 5.83. The number of nitrogens with zero attached hydrogens (tertiary/aromatic N) is 2. The van der Waals surface area contributed by atoms with Crippen LogP contribution in [-0.4, -0.2) is 43.6 Å². The molecular weight excluding hydrogens is 188 g/mol. The van der Waals surface area contributed by atoms with Crippen LogP contribution in [0.2, 0.25) is 0 Å². The summed E-state index contributed by atoms with van der Waals surface area (Å²) in [6.07, 6.45) is 2.57. The SMILES string of the molecule is CC(C)NC(N)=NCC1CCCN(C)C1. The topological polar surface area (TPSA) is 53.6 Å². The minimum atomic E-state index is 0.364. The average Bonchev–Trinajstić information content (AvgIpc) is 2.14. The average molecular weight is 212 g/mol. The van der Waals surface area contributed by atoms with Gasteiger partial charge in [0, 0.05) is 19.1 Å². The van der Waals surface area contributed by atoms with Gasteiger partial charge in [0.05, 0.1) is 0 Å². The molecule has 0 aliphatic carbocycles. The maximum absolute atomic E-state index is 5.75. The first-order valence-corrected chi connectivity index (χ1v) is 5.83. The standard InChI is InChI=1S/C11H24N4/c1-9(2)14-11(12)13-7-10-5-4-6-15(3)8-10/h9-10H,4-8H2,1-3H3,(H3,12,13,14). The monoisotopic (exact) mass is 212 g/mol. The summed E-state index contributed by atoms with van der Waals surface area (Å²) in [6.45, 7) is 7.36. The maximum atomic E-state index is 5.75. The van der Waals surface area contributed by atoms with Crippen molar-refractivity contribution in [3.63, 3.8) is 0 Å². The van der Waals surface area contributed by atoms with Gasteiger partial charge in [-0.05, 0) is 46.2 Å². The van der Waals surface area contributed by atoms with Crippen molar-refractivity contribution < 1.29 is 0 Å². The molecule has 0 saturated carbocycles. The van der Waals surface area contributed by atoms with Crippen LogP contribution in [0.15, 0.2) is 4.99 Å². The first-order chi connectivity index (χ1) is 7.08. The zero-order chi connectivity index (χ0) is 11.3. The van der Waals surface area contributed by atoms with Crippen LogP contribution in [0.5, 0.6) is 0 Å². The summed E-state index contributed by atoms with van der Waals surface area (Å²) in [7, 11) is 2.17. The number of nitrogens with two attached hydrogens (primary N) is 1. The molecule has 0 aromatic rings. The highest BCUT2D eigenvalue weighted by Crippen LogP contribution is 2.14. The molecule has 15 heavy (non-hydrogen) atoms. The van der Waals surface area contributed by atoms with Gasteiger partial charge in [-0.15, -0.1) is 0 Å². The number of aliphatic imine (C=N–C) groups is 1. The predicted molar refractivity (Wildman–Crippen MR) is 65.0 cm³/mol. The van der Waals surface area contributed by atoms with E-state index < -0.39 is 0 Å². The third kappa shape index (κ3) is 5.02. The van der Waals surface area contributed by atoms with E-state index in [9.17, 15) is 0 Å². The highest BCUT2D eigenvalue weighted by atomic mass is 15.1. The Kier molecular flexibility index (Phi) is 4.88. The van der Waals surface area contributed by atoms with Gasteiger partial charge in [0.2, 0.25) is 0 Å². The smallest absolute Gasteiger partial charge is 0.188 e. The van der Waals surface area contributed by atoms with E-state index in [1.54, 1.807) is 0 Å². The normalized spacial score (nSPS) is 24.5. The lowest BCUT2D eigenvalue weighted by Crippen LogP contribution is -2.38. The third-order valence-electron chi connectivity index (χ3n) is 2.68. The quantitative estimate of drug-likeness (QED) is 0.533. The predicted octanol–water partition coefficient (Wildman–Crippen LogP) is 0.641. The zero-order valence-corrected chi connectivity index (χ0v) is 10.2. The Bertz CT molecular complexity index is 213. The molecule has 1 atom stereocenters. The molecule has 1 aliphatic rings. The summed E-state index contributed by atoms with van der Waals surface area (Å²) in [5.41, 5.74) is 5.75. The lowest BCUT2D eigenvalue weighted by molar-refractivity contribution is 0.214. The molecular formula is C11H24N4. The summed E-state index contributed by atoms with van der Waals surface area (Å²) in [4.78, 5) is 6.75. The number of piperidine rings is 1. The van der Waals surface area contributed by atoms with Gasteiger partial charge in [-0.2, -0.15) is 0 Å². The van der Waals surface area contributed by atoms with Crippen molar-refractivity contribution in [2.75, 3.05) is 26.7 Å². The Labute approximate surface area is 92.9 Å². The molecule has 1 rings (SSSR count). The minimum absolute atomic E-state index is 0.364. The molecule has 3 N–H and O–H groups in total. The summed E-state index contributed by atoms with van der Waals surface area (Å²) in [6, 6.07) is 0.364. The van der Waals surface area contributed by atoms with Gasteiger partial charge in [-0.1, -0.05) is 0 Å². The highest BCUT2D eigenvalue weighted by molar-refractivity contribution is 5.78. The largest absolute Gasteiger partial charge is 0.370 e. The van der Waals surface area contributed by atoms with Gasteiger partial charge >= 0.3 is 0 Å². The van der Waals surface area contributed by atoms with Crippen LogP contribution >= 0.6 is 0 Å². The maximum Gasteiger partial charge on any atom is 0.188 e. The van der Waals surface area contributed by atoms with Crippen LogP contribution in [0.3, 0.4) is 0 Å². The Morgan fingerprint density at radius 2 is 2.33 bits per heavy atom. The van der Waals surface area contributed by atoms with Crippen molar-refractivity contribution in [1.82, 2.24) is 10.2 Å². The van der Waals surface area contributed by atoms with E-state index in [-0.39, 0.29) is 0 Å². The van der Waals surface area contributed by atoms with Gasteiger partial charge in [-0.25, -0.2) is 0 Å². The van der Waals surface area contributed by atoms with E-state index in [1.165, 1.54) is 19.4 Å². The van der Waals surface area contributed by atoms with E-state index >= 15 is 0 Å². The molecule has 1 fully saturated rings. The van der Waals surface area contributed by atoms with Gasteiger partial charge in [0.15, 0.2) is 5.96 Å². The van der Waals surface area contributed by atoms with Crippen LogP contribution < -0.4 is 11.1 Å². The van der Waals surface area contributed by atoms with Gasteiger partial charge in [0.25, 0.3) is 0 Å². The van der Waals surface area contributed by atoms with Crippen molar-refractivity contribution in [1.29, 1.82) is 0 Å².